The molecule has 1 aromatic rings. The van der Waals surface area contributed by atoms with E-state index in [-0.39, 0.29) is 17.6 Å². The minimum atomic E-state index is -0.0189. The van der Waals surface area contributed by atoms with Crippen LogP contribution in [0.4, 0.5) is 0 Å². The minimum absolute atomic E-state index is 0.0189. The van der Waals surface area contributed by atoms with Crippen LogP contribution in [0.3, 0.4) is 0 Å². The molecule has 3 nitrogen and oxygen atoms in total. The molecular weight excluding hydrogens is 309 g/mol. The maximum atomic E-state index is 12.8. The molecule has 2 unspecified atom stereocenters. The number of Topliss-reactive ketones (excluding diaryl/α,β-unsaturated/α-hetero) is 1. The monoisotopic (exact) mass is 327 g/mol. The number of hydrogen-bond donors (Lipinski definition) is 1. The molecule has 1 aromatic carbocycles. The molecule has 0 saturated carbocycles. The van der Waals surface area contributed by atoms with E-state index in [2.05, 4.69) is 18.8 Å². The summed E-state index contributed by atoms with van der Waals surface area (Å²) in [6.45, 7) is 7.71. The Morgan fingerprint density at radius 3 is 2.86 bits per heavy atom. The summed E-state index contributed by atoms with van der Waals surface area (Å²) in [4.78, 5) is 12.8. The van der Waals surface area contributed by atoms with Gasteiger partial charge in [0.25, 0.3) is 0 Å². The van der Waals surface area contributed by atoms with Crippen molar-refractivity contribution in [1.82, 2.24) is 5.32 Å². The second kappa shape index (κ2) is 7.30. The van der Waals surface area contributed by atoms with Gasteiger partial charge in [0.05, 0.1) is 15.6 Å². The predicted octanol–water partition coefficient (Wildman–Crippen LogP) is 3.99. The van der Waals surface area contributed by atoms with Gasteiger partial charge < -0.3 is 10.1 Å². The van der Waals surface area contributed by atoms with E-state index in [1.54, 1.807) is 18.2 Å². The van der Waals surface area contributed by atoms with Crippen molar-refractivity contribution in [1.29, 1.82) is 0 Å². The predicted molar refractivity (Wildman–Crippen MR) is 86.6 cm³/mol. The molecule has 0 amide bonds. The second-order valence-corrected chi connectivity index (χ2v) is 6.12. The Balaban J connectivity index is 2.33. The Hall–Kier alpha value is -1.03. The molecule has 114 valence electrons. The van der Waals surface area contributed by atoms with Crippen LogP contribution in [0.1, 0.15) is 23.7 Å². The van der Waals surface area contributed by atoms with E-state index in [0.717, 1.165) is 19.5 Å². The van der Waals surface area contributed by atoms with Crippen molar-refractivity contribution >= 4 is 29.0 Å². The van der Waals surface area contributed by atoms with E-state index in [1.165, 1.54) is 0 Å². The number of halogens is 2. The van der Waals surface area contributed by atoms with Crippen LogP contribution in [-0.2, 0) is 0 Å². The molecule has 21 heavy (non-hydrogen) atoms. The Morgan fingerprint density at radius 2 is 2.19 bits per heavy atom. The largest absolute Gasteiger partial charge is 0.489 e. The van der Waals surface area contributed by atoms with Crippen LogP contribution < -0.4 is 10.1 Å². The minimum Gasteiger partial charge on any atom is -0.489 e. The van der Waals surface area contributed by atoms with Crippen LogP contribution in [0.2, 0.25) is 10.0 Å². The average molecular weight is 328 g/mol. The van der Waals surface area contributed by atoms with Crippen molar-refractivity contribution in [2.75, 3.05) is 19.7 Å². The lowest BCUT2D eigenvalue weighted by molar-refractivity contribution is 0.0844. The fourth-order valence-electron chi connectivity index (χ4n) is 2.59. The number of hydrogen-bond acceptors (Lipinski definition) is 3. The van der Waals surface area contributed by atoms with Crippen LogP contribution in [0.25, 0.3) is 0 Å². The summed E-state index contributed by atoms with van der Waals surface area (Å²) in [7, 11) is 0. The van der Waals surface area contributed by atoms with E-state index in [4.69, 9.17) is 27.9 Å². The third-order valence-corrected chi connectivity index (χ3v) is 4.49. The summed E-state index contributed by atoms with van der Waals surface area (Å²) in [5, 5.41) is 4.04. The molecule has 1 N–H and O–H groups in total. The number of carbonyl (C=O) groups excluding carboxylic acids is 1. The Kier molecular flexibility index (Phi) is 5.68. The zero-order chi connectivity index (χ0) is 15.4. The highest BCUT2D eigenvalue weighted by Gasteiger charge is 2.30. The van der Waals surface area contributed by atoms with Gasteiger partial charge in [0.1, 0.15) is 12.4 Å². The Bertz CT molecular complexity index is 545. The number of ether oxygens (including phenoxy) is 1. The van der Waals surface area contributed by atoms with Gasteiger partial charge in [0, 0.05) is 12.0 Å². The third kappa shape index (κ3) is 3.79. The molecule has 0 radical (unpaired) electrons. The van der Waals surface area contributed by atoms with Crippen molar-refractivity contribution in [2.24, 2.45) is 11.8 Å². The Morgan fingerprint density at radius 1 is 1.48 bits per heavy atom. The number of rotatable bonds is 5. The van der Waals surface area contributed by atoms with Gasteiger partial charge in [-0.2, -0.15) is 0 Å². The topological polar surface area (TPSA) is 38.3 Å². The summed E-state index contributed by atoms with van der Waals surface area (Å²) < 4.78 is 5.57. The highest BCUT2D eigenvalue weighted by Crippen LogP contribution is 2.34. The Labute approximate surface area is 135 Å². The highest BCUT2D eigenvalue weighted by molar-refractivity contribution is 6.42. The summed E-state index contributed by atoms with van der Waals surface area (Å²) in [5.41, 5.74) is 0.505. The fourth-order valence-corrected chi connectivity index (χ4v) is 2.91. The molecule has 2 rings (SSSR count). The van der Waals surface area contributed by atoms with E-state index in [0.29, 0.717) is 28.0 Å². The van der Waals surface area contributed by atoms with Crippen molar-refractivity contribution in [3.05, 3.63) is 40.4 Å². The van der Waals surface area contributed by atoms with Crippen molar-refractivity contribution in [2.45, 2.75) is 13.3 Å². The molecule has 0 aromatic heterocycles. The lowest BCUT2D eigenvalue weighted by Crippen LogP contribution is -2.38. The van der Waals surface area contributed by atoms with E-state index >= 15 is 0 Å². The molecule has 1 aliphatic heterocycles. The third-order valence-electron chi connectivity index (χ3n) is 3.77. The molecule has 5 heteroatoms. The first-order valence-electron chi connectivity index (χ1n) is 7.02. The molecule has 1 saturated heterocycles. The van der Waals surface area contributed by atoms with Crippen molar-refractivity contribution in [3.63, 3.8) is 0 Å². The molecule has 1 heterocycles. The first-order valence-corrected chi connectivity index (χ1v) is 7.77. The van der Waals surface area contributed by atoms with Gasteiger partial charge in [-0.15, -0.1) is 0 Å². The number of carbonyl (C=O) groups is 1. The van der Waals surface area contributed by atoms with Gasteiger partial charge in [-0.1, -0.05) is 42.8 Å². The van der Waals surface area contributed by atoms with Gasteiger partial charge in [0.15, 0.2) is 5.78 Å². The van der Waals surface area contributed by atoms with Gasteiger partial charge in [-0.3, -0.25) is 4.79 Å². The van der Waals surface area contributed by atoms with Crippen LogP contribution in [0.5, 0.6) is 5.75 Å². The quantitative estimate of drug-likeness (QED) is 0.656. The van der Waals surface area contributed by atoms with Crippen LogP contribution >= 0.6 is 23.2 Å². The summed E-state index contributed by atoms with van der Waals surface area (Å²) in [5.74, 6) is 0.809. The fraction of sp³-hybridized carbons (Fsp3) is 0.438. The lowest BCUT2D eigenvalue weighted by Gasteiger charge is -2.28. The first-order chi connectivity index (χ1) is 10.0. The molecule has 2 atom stereocenters. The van der Waals surface area contributed by atoms with Crippen molar-refractivity contribution in [3.8, 4) is 5.75 Å². The summed E-state index contributed by atoms with van der Waals surface area (Å²) in [6.07, 6.45) is 2.45. The molecule has 0 spiro atoms. The summed E-state index contributed by atoms with van der Waals surface area (Å²) >= 11 is 12.1. The first kappa shape index (κ1) is 16.3. The van der Waals surface area contributed by atoms with Crippen LogP contribution in [0, 0.1) is 11.8 Å². The lowest BCUT2D eigenvalue weighted by atomic mass is 9.82. The van der Waals surface area contributed by atoms with Gasteiger partial charge in [0.2, 0.25) is 0 Å². The second-order valence-electron chi connectivity index (χ2n) is 5.30. The number of benzene rings is 1. The van der Waals surface area contributed by atoms with Crippen molar-refractivity contribution < 1.29 is 9.53 Å². The van der Waals surface area contributed by atoms with Crippen LogP contribution in [0.15, 0.2) is 24.8 Å². The zero-order valence-corrected chi connectivity index (χ0v) is 13.5. The zero-order valence-electron chi connectivity index (χ0n) is 12.0. The van der Waals surface area contributed by atoms with Crippen LogP contribution in [-0.4, -0.2) is 25.5 Å². The number of ketones is 1. The molecule has 0 bridgehead atoms. The standard InChI is InChI=1S/C16H19Cl2NO2/c1-3-6-21-15-8-14(18)13(17)7-12(15)16(20)11-4-5-19-9-10(11)2/h3,7-8,10-11,19H,1,4-6,9H2,2H3. The highest BCUT2D eigenvalue weighted by atomic mass is 35.5. The van der Waals surface area contributed by atoms with Gasteiger partial charge >= 0.3 is 0 Å². The molecular formula is C16H19Cl2NO2. The molecule has 1 aliphatic rings. The molecule has 0 aliphatic carbocycles. The maximum Gasteiger partial charge on any atom is 0.170 e. The van der Waals surface area contributed by atoms with E-state index in [1.807, 2.05) is 0 Å². The van der Waals surface area contributed by atoms with Gasteiger partial charge in [-0.25, -0.2) is 0 Å². The normalized spacial score (nSPS) is 21.9. The van der Waals surface area contributed by atoms with E-state index in [9.17, 15) is 4.79 Å². The van der Waals surface area contributed by atoms with Gasteiger partial charge in [-0.05, 0) is 31.5 Å². The maximum absolute atomic E-state index is 12.8. The average Bonchev–Trinajstić information content (AvgIpc) is 2.48. The molecule has 1 fully saturated rings. The smallest absolute Gasteiger partial charge is 0.170 e. The summed E-state index contributed by atoms with van der Waals surface area (Å²) in [6, 6.07) is 3.21. The van der Waals surface area contributed by atoms with E-state index < -0.39 is 0 Å². The number of nitrogens with one attached hydrogen (secondary N) is 1. The number of piperidine rings is 1. The SMILES string of the molecule is C=CCOc1cc(Cl)c(Cl)cc1C(=O)C1CCNCC1C.